The zero-order valence-electron chi connectivity index (χ0n) is 16.9. The fraction of sp³-hybridized carbons (Fsp3) is 0.273. The number of hydrogen-bond donors (Lipinski definition) is 0. The van der Waals surface area contributed by atoms with Gasteiger partial charge in [-0.2, -0.15) is 10.4 Å². The first kappa shape index (κ1) is 18.7. The van der Waals surface area contributed by atoms with Crippen LogP contribution in [0.25, 0.3) is 22.4 Å². The van der Waals surface area contributed by atoms with Crippen LogP contribution in [0, 0.1) is 11.3 Å². The minimum Gasteiger partial charge on any atom is -0.357 e. The molecular weight excluding hydrogens is 362 g/mol. The summed E-state index contributed by atoms with van der Waals surface area (Å²) in [5.41, 5.74) is 4.04. The molecule has 0 N–H and O–H groups in total. The molecule has 0 atom stereocenters. The summed E-state index contributed by atoms with van der Waals surface area (Å²) in [6, 6.07) is 14.0. The smallest absolute Gasteiger partial charge is 0.143 e. The van der Waals surface area contributed by atoms with Crippen LogP contribution in [-0.2, 0) is 13.6 Å². The molecule has 3 aromatic heterocycles. The van der Waals surface area contributed by atoms with E-state index in [1.54, 1.807) is 4.68 Å². The van der Waals surface area contributed by atoms with Gasteiger partial charge in [-0.15, -0.1) is 0 Å². The van der Waals surface area contributed by atoms with Gasteiger partial charge in [-0.05, 0) is 44.2 Å². The second kappa shape index (κ2) is 7.76. The molecule has 0 saturated heterocycles. The largest absolute Gasteiger partial charge is 0.357 e. The SMILES string of the molecule is CCN(CC)c1ccc(-c2nc3cccc(C#N)c3n2Cc2ccn(C)n2)cn1. The number of nitrogens with zero attached hydrogens (tertiary/aromatic N) is 7. The van der Waals surface area contributed by atoms with Gasteiger partial charge < -0.3 is 9.47 Å². The first-order valence-electron chi connectivity index (χ1n) is 9.73. The number of pyridine rings is 1. The summed E-state index contributed by atoms with van der Waals surface area (Å²) in [6.45, 7) is 6.59. The minimum atomic E-state index is 0.531. The number of nitriles is 1. The van der Waals surface area contributed by atoms with Gasteiger partial charge in [0.25, 0.3) is 0 Å². The zero-order chi connectivity index (χ0) is 20.4. The van der Waals surface area contributed by atoms with Crippen molar-refractivity contribution in [3.63, 3.8) is 0 Å². The summed E-state index contributed by atoms with van der Waals surface area (Å²) in [6.07, 6.45) is 3.77. The van der Waals surface area contributed by atoms with E-state index >= 15 is 0 Å². The molecular formula is C22H23N7. The van der Waals surface area contributed by atoms with Gasteiger partial charge in [0, 0.05) is 38.1 Å². The van der Waals surface area contributed by atoms with E-state index in [1.165, 1.54) is 0 Å². The minimum absolute atomic E-state index is 0.531. The quantitative estimate of drug-likeness (QED) is 0.507. The number of aromatic nitrogens is 5. The zero-order valence-corrected chi connectivity index (χ0v) is 16.9. The molecule has 0 fully saturated rings. The van der Waals surface area contributed by atoms with E-state index in [9.17, 15) is 5.26 Å². The number of fused-ring (bicyclic) bond motifs is 1. The molecule has 0 spiro atoms. The predicted molar refractivity (Wildman–Crippen MR) is 114 cm³/mol. The van der Waals surface area contributed by atoms with Gasteiger partial charge in [-0.25, -0.2) is 9.97 Å². The second-order valence-electron chi connectivity index (χ2n) is 6.86. The van der Waals surface area contributed by atoms with Crippen molar-refractivity contribution < 1.29 is 0 Å². The van der Waals surface area contributed by atoms with Crippen LogP contribution in [0.15, 0.2) is 48.8 Å². The third-order valence-electron chi connectivity index (χ3n) is 5.07. The Morgan fingerprint density at radius 1 is 1.10 bits per heavy atom. The van der Waals surface area contributed by atoms with Crippen LogP contribution in [-0.4, -0.2) is 37.4 Å². The van der Waals surface area contributed by atoms with Crippen molar-refractivity contribution in [2.24, 2.45) is 7.05 Å². The van der Waals surface area contributed by atoms with E-state index in [0.717, 1.165) is 47.0 Å². The lowest BCUT2D eigenvalue weighted by molar-refractivity contribution is 0.716. The van der Waals surface area contributed by atoms with Crippen LogP contribution >= 0.6 is 0 Å². The van der Waals surface area contributed by atoms with E-state index in [4.69, 9.17) is 4.98 Å². The standard InChI is InChI=1S/C22H23N7/c1-4-28(5-2)20-10-9-17(14-24-20)22-25-19-8-6-7-16(13-23)21(19)29(22)15-18-11-12-27(3)26-18/h6-12,14H,4-5,15H2,1-3H3. The van der Waals surface area contributed by atoms with Crippen molar-refractivity contribution in [2.75, 3.05) is 18.0 Å². The van der Waals surface area contributed by atoms with Gasteiger partial charge in [-0.3, -0.25) is 4.68 Å². The van der Waals surface area contributed by atoms with Crippen LogP contribution in [0.4, 0.5) is 5.82 Å². The Bertz CT molecular complexity index is 1170. The number of aryl methyl sites for hydroxylation is 1. The third-order valence-corrected chi connectivity index (χ3v) is 5.07. The van der Waals surface area contributed by atoms with E-state index in [-0.39, 0.29) is 0 Å². The summed E-state index contributed by atoms with van der Waals surface area (Å²) >= 11 is 0. The highest BCUT2D eigenvalue weighted by atomic mass is 15.3. The molecule has 0 bridgehead atoms. The average molecular weight is 385 g/mol. The predicted octanol–water partition coefficient (Wildman–Crippen LogP) is 3.60. The molecule has 29 heavy (non-hydrogen) atoms. The average Bonchev–Trinajstić information content (AvgIpc) is 3.33. The van der Waals surface area contributed by atoms with Crippen molar-refractivity contribution in [2.45, 2.75) is 20.4 Å². The van der Waals surface area contributed by atoms with Gasteiger partial charge in [-0.1, -0.05) is 6.07 Å². The molecule has 146 valence electrons. The summed E-state index contributed by atoms with van der Waals surface area (Å²) in [4.78, 5) is 11.7. The number of rotatable bonds is 6. The summed E-state index contributed by atoms with van der Waals surface area (Å²) in [7, 11) is 1.90. The highest BCUT2D eigenvalue weighted by Gasteiger charge is 2.17. The van der Waals surface area contributed by atoms with Gasteiger partial charge in [0.05, 0.1) is 28.8 Å². The summed E-state index contributed by atoms with van der Waals surface area (Å²) < 4.78 is 3.84. The Balaban J connectivity index is 1.85. The Kier molecular flexibility index (Phi) is 5.00. The van der Waals surface area contributed by atoms with E-state index in [1.807, 2.05) is 55.8 Å². The van der Waals surface area contributed by atoms with Gasteiger partial charge in [0.1, 0.15) is 17.7 Å². The third kappa shape index (κ3) is 3.45. The van der Waals surface area contributed by atoms with Gasteiger partial charge in [0.15, 0.2) is 0 Å². The van der Waals surface area contributed by atoms with Crippen LogP contribution in [0.2, 0.25) is 0 Å². The van der Waals surface area contributed by atoms with Crippen molar-refractivity contribution in [3.05, 3.63) is 60.0 Å². The van der Waals surface area contributed by atoms with Gasteiger partial charge >= 0.3 is 0 Å². The van der Waals surface area contributed by atoms with Crippen molar-refractivity contribution in [3.8, 4) is 17.5 Å². The molecule has 0 amide bonds. The topological polar surface area (TPSA) is 75.6 Å². The molecule has 0 radical (unpaired) electrons. The van der Waals surface area contributed by atoms with Crippen LogP contribution in [0.3, 0.4) is 0 Å². The number of hydrogen-bond acceptors (Lipinski definition) is 5. The molecule has 0 aliphatic rings. The van der Waals surface area contributed by atoms with E-state index in [2.05, 4.69) is 39.5 Å². The Labute approximate surface area is 169 Å². The number of anilines is 1. The number of imidazole rings is 1. The van der Waals surface area contributed by atoms with Gasteiger partial charge in [0.2, 0.25) is 0 Å². The molecule has 0 aliphatic carbocycles. The lowest BCUT2D eigenvalue weighted by atomic mass is 10.2. The maximum atomic E-state index is 9.63. The first-order valence-corrected chi connectivity index (χ1v) is 9.73. The van der Waals surface area contributed by atoms with E-state index < -0.39 is 0 Å². The van der Waals surface area contributed by atoms with Crippen molar-refractivity contribution in [1.29, 1.82) is 5.26 Å². The van der Waals surface area contributed by atoms with Crippen LogP contribution < -0.4 is 4.90 Å². The molecule has 0 saturated carbocycles. The lowest BCUT2D eigenvalue weighted by Crippen LogP contribution is -2.22. The highest BCUT2D eigenvalue weighted by molar-refractivity contribution is 5.85. The fourth-order valence-electron chi connectivity index (χ4n) is 3.61. The Hall–Kier alpha value is -3.66. The summed E-state index contributed by atoms with van der Waals surface area (Å²) in [5, 5.41) is 14.1. The Morgan fingerprint density at radius 3 is 2.55 bits per heavy atom. The molecule has 7 nitrogen and oxygen atoms in total. The molecule has 0 aliphatic heterocycles. The highest BCUT2D eigenvalue weighted by Crippen LogP contribution is 2.28. The Morgan fingerprint density at radius 2 is 1.93 bits per heavy atom. The number of para-hydroxylation sites is 1. The molecule has 4 aromatic rings. The normalized spacial score (nSPS) is 11.0. The van der Waals surface area contributed by atoms with Crippen LogP contribution in [0.5, 0.6) is 0 Å². The molecule has 7 heteroatoms. The second-order valence-corrected chi connectivity index (χ2v) is 6.86. The molecule has 1 aromatic carbocycles. The van der Waals surface area contributed by atoms with Crippen LogP contribution in [0.1, 0.15) is 25.1 Å². The summed E-state index contributed by atoms with van der Waals surface area (Å²) in [5.74, 6) is 1.73. The first-order chi connectivity index (χ1) is 14.1. The van der Waals surface area contributed by atoms with Crippen molar-refractivity contribution >= 4 is 16.9 Å². The fourth-order valence-corrected chi connectivity index (χ4v) is 3.61. The monoisotopic (exact) mass is 385 g/mol. The maximum absolute atomic E-state index is 9.63. The molecule has 0 unspecified atom stereocenters. The van der Waals surface area contributed by atoms with E-state index in [0.29, 0.717) is 12.1 Å². The maximum Gasteiger partial charge on any atom is 0.143 e. The molecule has 4 rings (SSSR count). The molecule has 3 heterocycles. The van der Waals surface area contributed by atoms with Crippen molar-refractivity contribution in [1.82, 2.24) is 24.3 Å². The lowest BCUT2D eigenvalue weighted by Gasteiger charge is -2.19. The number of benzene rings is 1.